The molecule has 1 amide bonds. The minimum atomic E-state index is 0.247. The number of hydrogen-bond acceptors (Lipinski definition) is 2. The summed E-state index contributed by atoms with van der Waals surface area (Å²) in [4.78, 5) is 18.3. The van der Waals surface area contributed by atoms with Gasteiger partial charge in [-0.15, -0.1) is 0 Å². The van der Waals surface area contributed by atoms with Crippen LogP contribution < -0.4 is 0 Å². The molecule has 1 aromatic carbocycles. The molecule has 0 saturated carbocycles. The van der Waals surface area contributed by atoms with E-state index in [-0.39, 0.29) is 5.91 Å². The van der Waals surface area contributed by atoms with Gasteiger partial charge in [0.15, 0.2) is 0 Å². The van der Waals surface area contributed by atoms with E-state index in [0.717, 1.165) is 18.7 Å². The summed E-state index contributed by atoms with van der Waals surface area (Å²) < 4.78 is 0. The van der Waals surface area contributed by atoms with Gasteiger partial charge in [0.1, 0.15) is 0 Å². The number of nitrogens with zero attached hydrogens (tertiary/aromatic N) is 2. The predicted molar refractivity (Wildman–Crippen MR) is 77.9 cm³/mol. The van der Waals surface area contributed by atoms with Crippen molar-refractivity contribution < 1.29 is 4.79 Å². The minimum Gasteiger partial charge on any atom is -0.336 e. The number of carbonyl (C=O) groups is 1. The third kappa shape index (κ3) is 3.05. The quantitative estimate of drug-likeness (QED) is 0.852. The summed E-state index contributed by atoms with van der Waals surface area (Å²) in [6.45, 7) is 1.47. The fourth-order valence-electron chi connectivity index (χ4n) is 2.78. The average Bonchev–Trinajstić information content (AvgIpc) is 2.81. The number of likely N-dealkylation sites (tertiary alicyclic amines) is 1. The maximum Gasteiger partial charge on any atom is 0.223 e. The smallest absolute Gasteiger partial charge is 0.223 e. The minimum absolute atomic E-state index is 0.247. The van der Waals surface area contributed by atoms with Gasteiger partial charge in [-0.1, -0.05) is 36.4 Å². The first-order valence-corrected chi connectivity index (χ1v) is 7.03. The highest BCUT2D eigenvalue weighted by Crippen LogP contribution is 2.23. The van der Waals surface area contributed by atoms with Crippen molar-refractivity contribution in [2.24, 2.45) is 5.92 Å². The van der Waals surface area contributed by atoms with Crippen LogP contribution in [-0.2, 0) is 17.8 Å². The molecule has 0 bridgehead atoms. The number of pyridine rings is 1. The van der Waals surface area contributed by atoms with E-state index in [1.54, 1.807) is 6.20 Å². The lowest BCUT2D eigenvalue weighted by atomic mass is 9.99. The fourth-order valence-corrected chi connectivity index (χ4v) is 2.78. The van der Waals surface area contributed by atoms with Gasteiger partial charge in [-0.3, -0.25) is 9.78 Å². The lowest BCUT2D eigenvalue weighted by Gasteiger charge is -2.16. The largest absolute Gasteiger partial charge is 0.336 e. The van der Waals surface area contributed by atoms with Crippen LogP contribution in [0.1, 0.15) is 17.7 Å². The number of hydrogen-bond donors (Lipinski definition) is 0. The second-order valence-corrected chi connectivity index (χ2v) is 5.36. The van der Waals surface area contributed by atoms with Gasteiger partial charge in [-0.25, -0.2) is 0 Å². The monoisotopic (exact) mass is 266 g/mol. The van der Waals surface area contributed by atoms with E-state index in [4.69, 9.17) is 0 Å². The molecule has 0 unspecified atom stereocenters. The van der Waals surface area contributed by atoms with Crippen LogP contribution in [0, 0.1) is 5.92 Å². The van der Waals surface area contributed by atoms with Crippen LogP contribution in [0.3, 0.4) is 0 Å². The Morgan fingerprint density at radius 1 is 1.10 bits per heavy atom. The lowest BCUT2D eigenvalue weighted by molar-refractivity contribution is -0.128. The van der Waals surface area contributed by atoms with E-state index >= 15 is 0 Å². The Kier molecular flexibility index (Phi) is 3.77. The van der Waals surface area contributed by atoms with Crippen LogP contribution >= 0.6 is 0 Å². The first kappa shape index (κ1) is 12.9. The molecule has 0 spiro atoms. The normalized spacial score (nSPS) is 18.5. The van der Waals surface area contributed by atoms with Gasteiger partial charge in [0.05, 0.1) is 12.2 Å². The molecule has 20 heavy (non-hydrogen) atoms. The molecule has 0 N–H and O–H groups in total. The van der Waals surface area contributed by atoms with Crippen LogP contribution in [0.2, 0.25) is 0 Å². The number of rotatable bonds is 4. The number of amides is 1. The first-order valence-electron chi connectivity index (χ1n) is 7.03. The molecule has 0 aliphatic carbocycles. The maximum absolute atomic E-state index is 12.1. The van der Waals surface area contributed by atoms with Crippen molar-refractivity contribution >= 4 is 5.91 Å². The van der Waals surface area contributed by atoms with Crippen molar-refractivity contribution in [2.45, 2.75) is 19.4 Å². The van der Waals surface area contributed by atoms with Gasteiger partial charge in [0, 0.05) is 19.2 Å². The third-order valence-corrected chi connectivity index (χ3v) is 3.74. The Morgan fingerprint density at radius 2 is 1.90 bits per heavy atom. The van der Waals surface area contributed by atoms with E-state index in [1.165, 1.54) is 5.56 Å². The Bertz CT molecular complexity index is 568. The molecular weight excluding hydrogens is 248 g/mol. The molecule has 2 heterocycles. The van der Waals surface area contributed by atoms with Crippen molar-refractivity contribution in [1.29, 1.82) is 0 Å². The molecule has 0 radical (unpaired) electrons. The molecule has 1 fully saturated rings. The zero-order valence-electron chi connectivity index (χ0n) is 11.4. The van der Waals surface area contributed by atoms with Gasteiger partial charge in [-0.05, 0) is 30.0 Å². The predicted octanol–water partition coefficient (Wildman–Crippen LogP) is 2.67. The molecule has 3 heteroatoms. The summed E-state index contributed by atoms with van der Waals surface area (Å²) in [6, 6.07) is 16.2. The van der Waals surface area contributed by atoms with Crippen LogP contribution in [0.15, 0.2) is 54.7 Å². The topological polar surface area (TPSA) is 33.2 Å². The highest BCUT2D eigenvalue weighted by molar-refractivity contribution is 5.78. The number of carbonyl (C=O) groups excluding carboxylic acids is 1. The molecule has 2 aromatic rings. The maximum atomic E-state index is 12.1. The zero-order chi connectivity index (χ0) is 13.8. The number of aromatic nitrogens is 1. The Hall–Kier alpha value is -2.16. The number of benzene rings is 1. The standard InChI is InChI=1S/C17H18N2O/c20-17-11-15(10-14-6-2-1-3-7-14)12-19(17)13-16-8-4-5-9-18-16/h1-9,15H,10-13H2/t15-/m1/s1. The van der Waals surface area contributed by atoms with Gasteiger partial charge in [0.25, 0.3) is 0 Å². The Balaban J connectivity index is 1.61. The van der Waals surface area contributed by atoms with Crippen molar-refractivity contribution in [3.63, 3.8) is 0 Å². The summed E-state index contributed by atoms with van der Waals surface area (Å²) >= 11 is 0. The van der Waals surface area contributed by atoms with Crippen LogP contribution in [-0.4, -0.2) is 22.3 Å². The van der Waals surface area contributed by atoms with Crippen molar-refractivity contribution in [1.82, 2.24) is 9.88 Å². The summed E-state index contributed by atoms with van der Waals surface area (Å²) in [5.41, 5.74) is 2.27. The van der Waals surface area contributed by atoms with Crippen LogP contribution in [0.25, 0.3) is 0 Å². The molecule has 1 saturated heterocycles. The molecule has 3 rings (SSSR count). The van der Waals surface area contributed by atoms with E-state index in [1.807, 2.05) is 29.2 Å². The van der Waals surface area contributed by atoms with Gasteiger partial charge in [-0.2, -0.15) is 0 Å². The summed E-state index contributed by atoms with van der Waals surface area (Å²) in [7, 11) is 0. The average molecular weight is 266 g/mol. The summed E-state index contributed by atoms with van der Waals surface area (Å²) in [5.74, 6) is 0.671. The second kappa shape index (κ2) is 5.87. The lowest BCUT2D eigenvalue weighted by Crippen LogP contribution is -2.25. The Morgan fingerprint density at radius 3 is 2.65 bits per heavy atom. The molecule has 3 nitrogen and oxygen atoms in total. The van der Waals surface area contributed by atoms with Crippen molar-refractivity contribution in [3.8, 4) is 0 Å². The SMILES string of the molecule is O=C1C[C@@H](Cc2ccccc2)CN1Cc1ccccn1. The second-order valence-electron chi connectivity index (χ2n) is 5.36. The van der Waals surface area contributed by atoms with E-state index in [0.29, 0.717) is 18.9 Å². The van der Waals surface area contributed by atoms with Crippen LogP contribution in [0.5, 0.6) is 0 Å². The molecule has 1 atom stereocenters. The van der Waals surface area contributed by atoms with Crippen LogP contribution in [0.4, 0.5) is 0 Å². The molecule has 1 aliphatic rings. The van der Waals surface area contributed by atoms with Gasteiger partial charge < -0.3 is 4.90 Å². The van der Waals surface area contributed by atoms with E-state index < -0.39 is 0 Å². The highest BCUT2D eigenvalue weighted by Gasteiger charge is 2.29. The van der Waals surface area contributed by atoms with E-state index in [2.05, 4.69) is 29.2 Å². The molecule has 1 aromatic heterocycles. The van der Waals surface area contributed by atoms with Crippen molar-refractivity contribution in [3.05, 3.63) is 66.0 Å². The molecule has 102 valence electrons. The molecular formula is C17H18N2O. The Labute approximate surface area is 119 Å². The van der Waals surface area contributed by atoms with E-state index in [9.17, 15) is 4.79 Å². The summed E-state index contributed by atoms with van der Waals surface area (Å²) in [6.07, 6.45) is 3.41. The first-order chi connectivity index (χ1) is 9.81. The summed E-state index contributed by atoms with van der Waals surface area (Å²) in [5, 5.41) is 0. The zero-order valence-corrected chi connectivity index (χ0v) is 11.4. The fraction of sp³-hybridized carbons (Fsp3) is 0.294. The van der Waals surface area contributed by atoms with Gasteiger partial charge in [0.2, 0.25) is 5.91 Å². The van der Waals surface area contributed by atoms with Crippen molar-refractivity contribution in [2.75, 3.05) is 6.54 Å². The highest BCUT2D eigenvalue weighted by atomic mass is 16.2. The third-order valence-electron chi connectivity index (χ3n) is 3.74. The molecule has 1 aliphatic heterocycles. The van der Waals surface area contributed by atoms with Gasteiger partial charge >= 0.3 is 0 Å².